The second-order valence-corrected chi connectivity index (χ2v) is 6.46. The van der Waals surface area contributed by atoms with Gasteiger partial charge in [0.2, 0.25) is 0 Å². The third-order valence-electron chi connectivity index (χ3n) is 4.40. The van der Waals surface area contributed by atoms with Gasteiger partial charge < -0.3 is 10.6 Å². The first-order valence-electron chi connectivity index (χ1n) is 7.92. The summed E-state index contributed by atoms with van der Waals surface area (Å²) in [6.45, 7) is 5.55. The van der Waals surface area contributed by atoms with Gasteiger partial charge in [0.25, 0.3) is 0 Å². The predicted octanol–water partition coefficient (Wildman–Crippen LogP) is 4.39. The van der Waals surface area contributed by atoms with E-state index < -0.39 is 0 Å². The Labute approximate surface area is 128 Å². The zero-order valence-corrected chi connectivity index (χ0v) is 13.5. The highest BCUT2D eigenvalue weighted by atomic mass is 35.5. The van der Waals surface area contributed by atoms with Crippen molar-refractivity contribution < 1.29 is 0 Å². The molecule has 1 heterocycles. The standard InChI is InChI=1S/C17H27ClN2/c1-3-15(19)11-14-8-9-17(16(18)12-14)20-10-6-4-5-7-13(20)2/h8-9,12-13,15H,3-7,10-11,19H2,1-2H3. The molecule has 2 atom stereocenters. The van der Waals surface area contributed by atoms with Crippen molar-refractivity contribution in [3.05, 3.63) is 28.8 Å². The smallest absolute Gasteiger partial charge is 0.0642 e. The molecule has 0 amide bonds. The Hall–Kier alpha value is -0.730. The lowest BCUT2D eigenvalue weighted by Gasteiger charge is -2.30. The molecule has 0 aliphatic carbocycles. The van der Waals surface area contributed by atoms with E-state index in [0.717, 1.165) is 24.4 Å². The second kappa shape index (κ2) is 7.33. The zero-order valence-electron chi connectivity index (χ0n) is 12.7. The van der Waals surface area contributed by atoms with E-state index in [9.17, 15) is 0 Å². The Balaban J connectivity index is 2.15. The first-order valence-corrected chi connectivity index (χ1v) is 8.30. The topological polar surface area (TPSA) is 29.3 Å². The molecule has 1 aromatic carbocycles. The van der Waals surface area contributed by atoms with E-state index in [0.29, 0.717) is 6.04 Å². The third kappa shape index (κ3) is 3.89. The summed E-state index contributed by atoms with van der Waals surface area (Å²) in [5.41, 5.74) is 8.46. The lowest BCUT2D eigenvalue weighted by Crippen LogP contribution is -2.32. The molecule has 0 aromatic heterocycles. The summed E-state index contributed by atoms with van der Waals surface area (Å²) in [6.07, 6.45) is 7.11. The molecule has 0 saturated carbocycles. The highest BCUT2D eigenvalue weighted by Gasteiger charge is 2.19. The van der Waals surface area contributed by atoms with Gasteiger partial charge in [0.15, 0.2) is 0 Å². The van der Waals surface area contributed by atoms with Gasteiger partial charge in [-0.05, 0) is 50.3 Å². The molecule has 0 spiro atoms. The van der Waals surface area contributed by atoms with Crippen molar-refractivity contribution in [2.24, 2.45) is 5.73 Å². The van der Waals surface area contributed by atoms with Gasteiger partial charge in [0, 0.05) is 18.6 Å². The van der Waals surface area contributed by atoms with Crippen LogP contribution in [0.15, 0.2) is 18.2 Å². The van der Waals surface area contributed by atoms with Crippen molar-refractivity contribution in [3.8, 4) is 0 Å². The van der Waals surface area contributed by atoms with Crippen molar-refractivity contribution in [1.82, 2.24) is 0 Å². The minimum atomic E-state index is 0.231. The zero-order chi connectivity index (χ0) is 14.5. The molecular formula is C17H27ClN2. The monoisotopic (exact) mass is 294 g/mol. The average Bonchev–Trinajstić information content (AvgIpc) is 2.64. The van der Waals surface area contributed by atoms with Gasteiger partial charge in [0.05, 0.1) is 10.7 Å². The van der Waals surface area contributed by atoms with E-state index in [1.807, 2.05) is 0 Å². The minimum Gasteiger partial charge on any atom is -0.368 e. The molecule has 1 fully saturated rings. The summed E-state index contributed by atoms with van der Waals surface area (Å²) < 4.78 is 0. The molecule has 2 N–H and O–H groups in total. The third-order valence-corrected chi connectivity index (χ3v) is 4.70. The van der Waals surface area contributed by atoms with Crippen LogP contribution in [0, 0.1) is 0 Å². The molecule has 1 aromatic rings. The van der Waals surface area contributed by atoms with Crippen LogP contribution in [0.2, 0.25) is 5.02 Å². The maximum absolute atomic E-state index is 6.53. The van der Waals surface area contributed by atoms with Gasteiger partial charge >= 0.3 is 0 Å². The van der Waals surface area contributed by atoms with Crippen LogP contribution in [0.5, 0.6) is 0 Å². The maximum Gasteiger partial charge on any atom is 0.0642 e. The van der Waals surface area contributed by atoms with Crippen molar-refractivity contribution in [3.63, 3.8) is 0 Å². The normalized spacial score (nSPS) is 21.6. The number of rotatable bonds is 4. The van der Waals surface area contributed by atoms with E-state index in [2.05, 4.69) is 36.9 Å². The van der Waals surface area contributed by atoms with Crippen molar-refractivity contribution >= 4 is 17.3 Å². The largest absolute Gasteiger partial charge is 0.368 e. The summed E-state index contributed by atoms with van der Waals surface area (Å²) in [6, 6.07) is 7.29. The van der Waals surface area contributed by atoms with E-state index in [-0.39, 0.29) is 6.04 Å². The van der Waals surface area contributed by atoms with Crippen LogP contribution in [-0.2, 0) is 6.42 Å². The molecule has 2 rings (SSSR count). The minimum absolute atomic E-state index is 0.231. The predicted molar refractivity (Wildman–Crippen MR) is 88.7 cm³/mol. The molecule has 112 valence electrons. The maximum atomic E-state index is 6.53. The van der Waals surface area contributed by atoms with Gasteiger partial charge in [0.1, 0.15) is 0 Å². The lowest BCUT2D eigenvalue weighted by molar-refractivity contribution is 0.616. The molecule has 2 unspecified atom stereocenters. The molecule has 3 heteroatoms. The number of halogens is 1. The summed E-state index contributed by atoms with van der Waals surface area (Å²) in [5, 5.41) is 0.875. The van der Waals surface area contributed by atoms with Crippen LogP contribution in [0.4, 0.5) is 5.69 Å². The number of hydrogen-bond donors (Lipinski definition) is 1. The molecule has 0 bridgehead atoms. The fourth-order valence-electron chi connectivity index (χ4n) is 2.99. The number of benzene rings is 1. The highest BCUT2D eigenvalue weighted by Crippen LogP contribution is 2.31. The van der Waals surface area contributed by atoms with Crippen LogP contribution in [0.1, 0.15) is 51.5 Å². The van der Waals surface area contributed by atoms with E-state index in [1.165, 1.54) is 36.9 Å². The molecule has 2 nitrogen and oxygen atoms in total. The van der Waals surface area contributed by atoms with Gasteiger partial charge in [-0.15, -0.1) is 0 Å². The summed E-state index contributed by atoms with van der Waals surface area (Å²) >= 11 is 6.53. The lowest BCUT2D eigenvalue weighted by atomic mass is 10.0. The highest BCUT2D eigenvalue weighted by molar-refractivity contribution is 6.33. The van der Waals surface area contributed by atoms with Crippen molar-refractivity contribution in [2.75, 3.05) is 11.4 Å². The molecule has 1 aliphatic rings. The quantitative estimate of drug-likeness (QED) is 0.892. The SMILES string of the molecule is CCC(N)Cc1ccc(N2CCCCCC2C)c(Cl)c1. The number of nitrogens with zero attached hydrogens (tertiary/aromatic N) is 1. The van der Waals surface area contributed by atoms with Crippen LogP contribution < -0.4 is 10.6 Å². The molecule has 1 aliphatic heterocycles. The molecule has 0 radical (unpaired) electrons. The average molecular weight is 295 g/mol. The summed E-state index contributed by atoms with van der Waals surface area (Å²) in [4.78, 5) is 2.47. The van der Waals surface area contributed by atoms with Crippen LogP contribution >= 0.6 is 11.6 Å². The Bertz CT molecular complexity index is 433. The Kier molecular flexibility index (Phi) is 5.74. The van der Waals surface area contributed by atoms with E-state index in [1.54, 1.807) is 0 Å². The number of nitrogens with two attached hydrogens (primary N) is 1. The Morgan fingerprint density at radius 1 is 1.35 bits per heavy atom. The first kappa shape index (κ1) is 15.7. The first-order chi connectivity index (χ1) is 9.61. The van der Waals surface area contributed by atoms with Gasteiger partial charge in [-0.2, -0.15) is 0 Å². The van der Waals surface area contributed by atoms with Crippen LogP contribution in [-0.4, -0.2) is 18.6 Å². The fourth-order valence-corrected chi connectivity index (χ4v) is 3.30. The van der Waals surface area contributed by atoms with E-state index >= 15 is 0 Å². The van der Waals surface area contributed by atoms with Gasteiger partial charge in [-0.3, -0.25) is 0 Å². The second-order valence-electron chi connectivity index (χ2n) is 6.05. The fraction of sp³-hybridized carbons (Fsp3) is 0.647. The van der Waals surface area contributed by atoms with Gasteiger partial charge in [-0.1, -0.05) is 37.4 Å². The molecule has 1 saturated heterocycles. The Morgan fingerprint density at radius 3 is 2.85 bits per heavy atom. The Morgan fingerprint density at radius 2 is 2.15 bits per heavy atom. The number of anilines is 1. The van der Waals surface area contributed by atoms with Gasteiger partial charge in [-0.25, -0.2) is 0 Å². The van der Waals surface area contributed by atoms with Crippen LogP contribution in [0.25, 0.3) is 0 Å². The summed E-state index contributed by atoms with van der Waals surface area (Å²) in [5.74, 6) is 0. The van der Waals surface area contributed by atoms with Crippen molar-refractivity contribution in [1.29, 1.82) is 0 Å². The summed E-state index contributed by atoms with van der Waals surface area (Å²) in [7, 11) is 0. The molecule has 20 heavy (non-hydrogen) atoms. The number of hydrogen-bond acceptors (Lipinski definition) is 2. The van der Waals surface area contributed by atoms with Crippen LogP contribution in [0.3, 0.4) is 0 Å². The molecular weight excluding hydrogens is 268 g/mol. The van der Waals surface area contributed by atoms with E-state index in [4.69, 9.17) is 17.3 Å². The van der Waals surface area contributed by atoms with Crippen molar-refractivity contribution in [2.45, 2.75) is 64.5 Å².